The summed E-state index contributed by atoms with van der Waals surface area (Å²) in [7, 11) is 1.63. The van der Waals surface area contributed by atoms with Crippen molar-refractivity contribution in [2.45, 2.75) is 16.6 Å². The fourth-order valence-electron chi connectivity index (χ4n) is 2.62. The van der Waals surface area contributed by atoms with Crippen LogP contribution < -0.4 is 4.74 Å². The monoisotopic (exact) mass is 348 g/mol. The predicted molar refractivity (Wildman–Crippen MR) is 104 cm³/mol. The lowest BCUT2D eigenvalue weighted by molar-refractivity contribution is 0.0989. The van der Waals surface area contributed by atoms with Gasteiger partial charge < -0.3 is 4.74 Å². The van der Waals surface area contributed by atoms with Gasteiger partial charge in [0.25, 0.3) is 0 Å². The van der Waals surface area contributed by atoms with Gasteiger partial charge in [-0.05, 0) is 48.4 Å². The minimum atomic E-state index is -0.168. The van der Waals surface area contributed by atoms with Gasteiger partial charge in [0, 0.05) is 10.5 Å². The zero-order chi connectivity index (χ0) is 17.5. The molecule has 0 radical (unpaired) electrons. The van der Waals surface area contributed by atoms with Crippen LogP contribution in [0.15, 0.2) is 89.8 Å². The highest BCUT2D eigenvalue weighted by Gasteiger charge is 2.22. The van der Waals surface area contributed by atoms with Crippen LogP contribution in [-0.2, 0) is 6.42 Å². The predicted octanol–water partition coefficient (Wildman–Crippen LogP) is 5.28. The molecule has 0 aliphatic heterocycles. The van der Waals surface area contributed by atoms with Gasteiger partial charge in [-0.15, -0.1) is 11.8 Å². The van der Waals surface area contributed by atoms with Crippen LogP contribution in [0, 0.1) is 0 Å². The number of ketones is 1. The summed E-state index contributed by atoms with van der Waals surface area (Å²) in [4.78, 5) is 14.2. The molecule has 25 heavy (non-hydrogen) atoms. The van der Waals surface area contributed by atoms with Gasteiger partial charge in [0.15, 0.2) is 5.78 Å². The Hall–Kier alpha value is -2.52. The Morgan fingerprint density at radius 2 is 1.48 bits per heavy atom. The van der Waals surface area contributed by atoms with Crippen LogP contribution in [0.5, 0.6) is 5.75 Å². The van der Waals surface area contributed by atoms with E-state index in [-0.39, 0.29) is 11.0 Å². The van der Waals surface area contributed by atoms with Gasteiger partial charge in [-0.3, -0.25) is 4.79 Å². The molecular weight excluding hydrogens is 328 g/mol. The molecule has 3 rings (SSSR count). The summed E-state index contributed by atoms with van der Waals surface area (Å²) in [5.41, 5.74) is 1.88. The van der Waals surface area contributed by atoms with Crippen LogP contribution in [-0.4, -0.2) is 18.1 Å². The topological polar surface area (TPSA) is 26.3 Å². The largest absolute Gasteiger partial charge is 0.497 e. The van der Waals surface area contributed by atoms with Crippen molar-refractivity contribution >= 4 is 17.5 Å². The molecule has 126 valence electrons. The number of methoxy groups -OCH3 is 1. The van der Waals surface area contributed by atoms with Crippen LogP contribution in [0.4, 0.5) is 0 Å². The molecule has 0 saturated heterocycles. The lowest BCUT2D eigenvalue weighted by Gasteiger charge is -2.16. The summed E-state index contributed by atoms with van der Waals surface area (Å²) in [5.74, 6) is 0.896. The first kappa shape index (κ1) is 17.3. The molecule has 2 nitrogen and oxygen atoms in total. The first-order valence-electron chi connectivity index (χ1n) is 8.20. The second kappa shape index (κ2) is 8.54. The number of hydrogen-bond donors (Lipinski definition) is 0. The number of hydrogen-bond acceptors (Lipinski definition) is 3. The quantitative estimate of drug-likeness (QED) is 0.429. The zero-order valence-corrected chi connectivity index (χ0v) is 14.9. The van der Waals surface area contributed by atoms with E-state index in [0.29, 0.717) is 12.0 Å². The van der Waals surface area contributed by atoms with E-state index >= 15 is 0 Å². The summed E-state index contributed by atoms with van der Waals surface area (Å²) < 4.78 is 5.18. The van der Waals surface area contributed by atoms with E-state index in [9.17, 15) is 4.79 Å². The third-order valence-corrected chi connectivity index (χ3v) is 5.16. The Labute approximate surface area is 152 Å². The van der Waals surface area contributed by atoms with Crippen molar-refractivity contribution in [1.29, 1.82) is 0 Å². The number of carbonyl (C=O) groups excluding carboxylic acids is 1. The smallest absolute Gasteiger partial charge is 0.176 e. The van der Waals surface area contributed by atoms with E-state index in [4.69, 9.17) is 4.74 Å². The second-order valence-corrected chi connectivity index (χ2v) is 6.98. The summed E-state index contributed by atoms with van der Waals surface area (Å²) in [5, 5.41) is -0.168. The van der Waals surface area contributed by atoms with Crippen LogP contribution in [0.25, 0.3) is 0 Å². The number of Topliss-reactive ketones (excluding diaryl/α,β-unsaturated/α-hetero) is 1. The van der Waals surface area contributed by atoms with Crippen molar-refractivity contribution in [3.05, 3.63) is 96.1 Å². The molecule has 0 saturated carbocycles. The van der Waals surface area contributed by atoms with Gasteiger partial charge in [0.05, 0.1) is 12.4 Å². The van der Waals surface area contributed by atoms with Crippen molar-refractivity contribution < 1.29 is 9.53 Å². The average molecular weight is 348 g/mol. The molecule has 0 spiro atoms. The minimum Gasteiger partial charge on any atom is -0.497 e. The fraction of sp³-hybridized carbons (Fsp3) is 0.136. The third-order valence-electron chi connectivity index (χ3n) is 3.95. The normalized spacial score (nSPS) is 11.7. The van der Waals surface area contributed by atoms with Gasteiger partial charge in [-0.2, -0.15) is 0 Å². The second-order valence-electron chi connectivity index (χ2n) is 5.70. The molecule has 0 heterocycles. The molecule has 0 N–H and O–H groups in total. The lowest BCUT2D eigenvalue weighted by atomic mass is 10.0. The van der Waals surface area contributed by atoms with E-state index in [1.807, 2.05) is 72.8 Å². The van der Waals surface area contributed by atoms with Crippen LogP contribution in [0.1, 0.15) is 15.9 Å². The molecule has 0 amide bonds. The Morgan fingerprint density at radius 1 is 0.880 bits per heavy atom. The van der Waals surface area contributed by atoms with E-state index in [1.54, 1.807) is 18.9 Å². The number of carbonyl (C=O) groups is 1. The third kappa shape index (κ3) is 4.74. The summed E-state index contributed by atoms with van der Waals surface area (Å²) >= 11 is 1.62. The van der Waals surface area contributed by atoms with Crippen molar-refractivity contribution in [1.82, 2.24) is 0 Å². The zero-order valence-electron chi connectivity index (χ0n) is 14.1. The molecule has 0 aromatic heterocycles. The Bertz CT molecular complexity index is 757. The maximum absolute atomic E-state index is 13.1. The fourth-order valence-corrected chi connectivity index (χ4v) is 3.78. The number of benzene rings is 3. The number of thioether (sulfide) groups is 1. The van der Waals surface area contributed by atoms with Gasteiger partial charge in [-0.25, -0.2) is 0 Å². The Morgan fingerprint density at radius 3 is 2.08 bits per heavy atom. The van der Waals surface area contributed by atoms with E-state index in [1.165, 1.54) is 0 Å². The lowest BCUT2D eigenvalue weighted by Crippen LogP contribution is -2.20. The van der Waals surface area contributed by atoms with E-state index in [0.717, 1.165) is 16.2 Å². The molecular formula is C22H20O2S. The molecule has 0 aliphatic rings. The maximum atomic E-state index is 13.1. The maximum Gasteiger partial charge on any atom is 0.176 e. The Kier molecular flexibility index (Phi) is 5.91. The van der Waals surface area contributed by atoms with Gasteiger partial charge >= 0.3 is 0 Å². The summed E-state index contributed by atoms with van der Waals surface area (Å²) in [6.07, 6.45) is 0.700. The van der Waals surface area contributed by atoms with Crippen molar-refractivity contribution in [2.75, 3.05) is 7.11 Å². The molecule has 1 unspecified atom stereocenters. The van der Waals surface area contributed by atoms with Crippen molar-refractivity contribution in [3.8, 4) is 5.75 Å². The molecule has 3 heteroatoms. The molecule has 1 atom stereocenters. The number of rotatable bonds is 7. The SMILES string of the molecule is COc1ccc(C(=O)C(Cc2ccccc2)Sc2ccccc2)cc1. The highest BCUT2D eigenvalue weighted by molar-refractivity contribution is 8.00. The number of ether oxygens (including phenoxy) is 1. The van der Waals surface area contributed by atoms with Crippen molar-refractivity contribution in [2.24, 2.45) is 0 Å². The first-order valence-corrected chi connectivity index (χ1v) is 9.08. The van der Waals surface area contributed by atoms with Crippen LogP contribution in [0.2, 0.25) is 0 Å². The summed E-state index contributed by atoms with van der Waals surface area (Å²) in [6, 6.07) is 27.6. The van der Waals surface area contributed by atoms with Crippen LogP contribution >= 0.6 is 11.8 Å². The molecule has 3 aromatic carbocycles. The first-order chi connectivity index (χ1) is 12.3. The highest BCUT2D eigenvalue weighted by Crippen LogP contribution is 2.29. The van der Waals surface area contributed by atoms with Gasteiger partial charge in [-0.1, -0.05) is 48.5 Å². The summed E-state index contributed by atoms with van der Waals surface area (Å²) in [6.45, 7) is 0. The van der Waals surface area contributed by atoms with E-state index in [2.05, 4.69) is 12.1 Å². The molecule has 0 bridgehead atoms. The highest BCUT2D eigenvalue weighted by atomic mass is 32.2. The van der Waals surface area contributed by atoms with Gasteiger partial charge in [0.1, 0.15) is 5.75 Å². The van der Waals surface area contributed by atoms with E-state index < -0.39 is 0 Å². The molecule has 0 fully saturated rings. The average Bonchev–Trinajstić information content (AvgIpc) is 2.68. The standard InChI is InChI=1S/C22H20O2S/c1-24-19-14-12-18(13-15-19)22(23)21(16-17-8-4-2-5-9-17)25-20-10-6-3-7-11-20/h2-15,21H,16H2,1H3. The van der Waals surface area contributed by atoms with Crippen molar-refractivity contribution in [3.63, 3.8) is 0 Å². The Balaban J connectivity index is 1.84. The minimum absolute atomic E-state index is 0.139. The molecule has 0 aliphatic carbocycles. The van der Waals surface area contributed by atoms with Crippen LogP contribution in [0.3, 0.4) is 0 Å². The molecule has 3 aromatic rings. The van der Waals surface area contributed by atoms with Gasteiger partial charge in [0.2, 0.25) is 0 Å².